The minimum atomic E-state index is -0.777. The molecule has 180 valence electrons. The van der Waals surface area contributed by atoms with Gasteiger partial charge < -0.3 is 22.1 Å². The molecule has 4 aliphatic carbocycles. The van der Waals surface area contributed by atoms with E-state index in [1.165, 1.54) is 0 Å². The first-order valence-electron chi connectivity index (χ1n) is 12.1. The summed E-state index contributed by atoms with van der Waals surface area (Å²) in [5.74, 6) is 2.31. The minimum Gasteiger partial charge on any atom is -0.369 e. The Bertz CT molecular complexity index is 1130. The fourth-order valence-corrected chi connectivity index (χ4v) is 6.63. The van der Waals surface area contributed by atoms with Gasteiger partial charge in [-0.3, -0.25) is 9.59 Å². The Hall–Kier alpha value is -3.16. The zero-order valence-electron chi connectivity index (χ0n) is 20.1. The molecule has 0 aliphatic heterocycles. The van der Waals surface area contributed by atoms with Gasteiger partial charge in [0.05, 0.1) is 5.41 Å². The molecule has 2 atom stereocenters. The van der Waals surface area contributed by atoms with Crippen molar-refractivity contribution in [1.29, 1.82) is 0 Å². The number of nitrogens with zero attached hydrogens (tertiary/aromatic N) is 2. The lowest BCUT2D eigenvalue weighted by atomic mass is 9.47. The average molecular weight is 463 g/mol. The van der Waals surface area contributed by atoms with Gasteiger partial charge in [0.1, 0.15) is 5.82 Å². The summed E-state index contributed by atoms with van der Waals surface area (Å²) in [7, 11) is 0. The van der Waals surface area contributed by atoms with Crippen LogP contribution in [-0.2, 0) is 15.0 Å². The van der Waals surface area contributed by atoms with Crippen molar-refractivity contribution >= 4 is 29.3 Å². The molecule has 0 radical (unpaired) electrons. The Morgan fingerprint density at radius 1 is 1.12 bits per heavy atom. The first-order valence-corrected chi connectivity index (χ1v) is 12.1. The van der Waals surface area contributed by atoms with Crippen LogP contribution in [0.3, 0.4) is 0 Å². The van der Waals surface area contributed by atoms with Gasteiger partial charge >= 0.3 is 0 Å². The number of anilines is 3. The highest BCUT2D eigenvalue weighted by molar-refractivity contribution is 5.86. The summed E-state index contributed by atoms with van der Waals surface area (Å²) in [6.07, 6.45) is 6.85. The monoisotopic (exact) mass is 462 g/mol. The van der Waals surface area contributed by atoms with Crippen LogP contribution in [0.1, 0.15) is 57.1 Å². The number of carbonyl (C=O) groups is 2. The van der Waals surface area contributed by atoms with Crippen LogP contribution >= 0.6 is 0 Å². The van der Waals surface area contributed by atoms with Crippen LogP contribution in [0, 0.1) is 30.1 Å². The molecule has 2 aromatic rings. The molecule has 1 heterocycles. The summed E-state index contributed by atoms with van der Waals surface area (Å²) in [6.45, 7) is 5.63. The van der Waals surface area contributed by atoms with Crippen molar-refractivity contribution in [2.75, 3.05) is 10.6 Å². The molecule has 4 aliphatic rings. The fourth-order valence-electron chi connectivity index (χ4n) is 6.63. The molecule has 6 N–H and O–H groups in total. The molecule has 8 nitrogen and oxygen atoms in total. The lowest BCUT2D eigenvalue weighted by Crippen LogP contribution is -2.59. The summed E-state index contributed by atoms with van der Waals surface area (Å²) in [5.41, 5.74) is 13.0. The van der Waals surface area contributed by atoms with Crippen molar-refractivity contribution in [2.45, 2.75) is 64.3 Å². The van der Waals surface area contributed by atoms with Crippen LogP contribution in [0.5, 0.6) is 0 Å². The van der Waals surface area contributed by atoms with E-state index in [2.05, 4.69) is 15.6 Å². The van der Waals surface area contributed by atoms with E-state index < -0.39 is 5.41 Å². The number of hydrogen-bond donors (Lipinski definition) is 4. The Labute approximate surface area is 200 Å². The van der Waals surface area contributed by atoms with Crippen molar-refractivity contribution < 1.29 is 9.59 Å². The second-order valence-corrected chi connectivity index (χ2v) is 11.2. The molecule has 2 amide bonds. The Balaban J connectivity index is 1.35. The number of aromatic nitrogens is 2. The molecular formula is C26H34N6O2. The van der Waals surface area contributed by atoms with Gasteiger partial charge in [-0.25, -0.2) is 4.98 Å². The van der Waals surface area contributed by atoms with Gasteiger partial charge in [0.2, 0.25) is 17.8 Å². The second kappa shape index (κ2) is 7.96. The minimum absolute atomic E-state index is 0.114. The number of nitrogens with one attached hydrogen (secondary N) is 2. The van der Waals surface area contributed by atoms with Crippen LogP contribution in [0.25, 0.3) is 0 Å². The van der Waals surface area contributed by atoms with Gasteiger partial charge in [0.25, 0.3) is 0 Å². The van der Waals surface area contributed by atoms with Crippen molar-refractivity contribution in [3.05, 3.63) is 41.6 Å². The highest BCUT2D eigenvalue weighted by Crippen LogP contribution is 2.60. The maximum Gasteiger partial charge on any atom is 0.229 e. The lowest BCUT2D eigenvalue weighted by molar-refractivity contribution is -0.143. The molecule has 1 aromatic carbocycles. The molecule has 4 bridgehead atoms. The van der Waals surface area contributed by atoms with Gasteiger partial charge in [0.15, 0.2) is 0 Å². The number of aryl methyl sites for hydroxylation is 1. The standard InChI is InChI=1S/C26H34N6O2/c1-14-13-29-24(30-19-6-4-5-18(9-19)25(2,3)22(27)33)32-21(14)31-20-16-7-15-8-17(20)12-26(10-15,11-16)23(28)34/h4-6,9,13,15-17,20H,7-8,10-12H2,1-3H3,(H2,27,33)(H2,28,34)(H2,29,30,31,32). The first-order chi connectivity index (χ1) is 16.1. The van der Waals surface area contributed by atoms with Crippen molar-refractivity contribution in [2.24, 2.45) is 34.6 Å². The predicted molar refractivity (Wildman–Crippen MR) is 131 cm³/mol. The Morgan fingerprint density at radius 3 is 2.47 bits per heavy atom. The third kappa shape index (κ3) is 3.79. The number of hydrogen-bond acceptors (Lipinski definition) is 6. The Kier molecular flexibility index (Phi) is 5.30. The van der Waals surface area contributed by atoms with E-state index in [1.54, 1.807) is 0 Å². The molecule has 4 fully saturated rings. The van der Waals surface area contributed by atoms with E-state index >= 15 is 0 Å². The van der Waals surface area contributed by atoms with E-state index in [4.69, 9.17) is 16.5 Å². The SMILES string of the molecule is Cc1cnc(Nc2cccc(C(C)(C)C(N)=O)c2)nc1NC1C2CC3CC1CC(C(N)=O)(C3)C2. The fraction of sp³-hybridized carbons (Fsp3) is 0.538. The van der Waals surface area contributed by atoms with E-state index in [-0.39, 0.29) is 17.2 Å². The normalized spacial score (nSPS) is 29.6. The number of carbonyl (C=O) groups excluding carboxylic acids is 2. The topological polar surface area (TPSA) is 136 Å². The zero-order chi connectivity index (χ0) is 24.3. The molecule has 0 saturated heterocycles. The number of rotatable bonds is 7. The van der Waals surface area contributed by atoms with Crippen LogP contribution in [-0.4, -0.2) is 27.8 Å². The third-order valence-corrected chi connectivity index (χ3v) is 8.53. The van der Waals surface area contributed by atoms with E-state index in [0.717, 1.165) is 54.7 Å². The Morgan fingerprint density at radius 2 is 1.82 bits per heavy atom. The van der Waals surface area contributed by atoms with Crippen molar-refractivity contribution in [3.63, 3.8) is 0 Å². The highest BCUT2D eigenvalue weighted by Gasteiger charge is 2.57. The van der Waals surface area contributed by atoms with Gasteiger partial charge in [-0.2, -0.15) is 4.98 Å². The largest absolute Gasteiger partial charge is 0.369 e. The van der Waals surface area contributed by atoms with Gasteiger partial charge in [0, 0.05) is 28.9 Å². The van der Waals surface area contributed by atoms with Crippen LogP contribution in [0.4, 0.5) is 17.5 Å². The van der Waals surface area contributed by atoms with Crippen LogP contribution in [0.2, 0.25) is 0 Å². The van der Waals surface area contributed by atoms with E-state index in [0.29, 0.717) is 29.7 Å². The highest BCUT2D eigenvalue weighted by atomic mass is 16.1. The molecule has 8 heteroatoms. The van der Waals surface area contributed by atoms with Gasteiger partial charge in [-0.15, -0.1) is 0 Å². The summed E-state index contributed by atoms with van der Waals surface area (Å²) in [4.78, 5) is 33.4. The second-order valence-electron chi connectivity index (χ2n) is 11.2. The molecule has 1 aromatic heterocycles. The van der Waals surface area contributed by atoms with Crippen molar-refractivity contribution in [3.8, 4) is 0 Å². The quantitative estimate of drug-likeness (QED) is 0.498. The molecule has 6 rings (SSSR count). The average Bonchev–Trinajstić information content (AvgIpc) is 2.78. The van der Waals surface area contributed by atoms with Crippen LogP contribution < -0.4 is 22.1 Å². The van der Waals surface area contributed by atoms with Gasteiger partial charge in [-0.05, 0) is 88.3 Å². The van der Waals surface area contributed by atoms with Crippen LogP contribution in [0.15, 0.2) is 30.5 Å². The summed E-state index contributed by atoms with van der Waals surface area (Å²) < 4.78 is 0. The molecule has 34 heavy (non-hydrogen) atoms. The number of amides is 2. The summed E-state index contributed by atoms with van der Waals surface area (Å²) >= 11 is 0. The van der Waals surface area contributed by atoms with Gasteiger partial charge in [-0.1, -0.05) is 12.1 Å². The molecule has 2 unspecified atom stereocenters. The summed E-state index contributed by atoms with van der Waals surface area (Å²) in [6, 6.07) is 7.90. The molecule has 4 saturated carbocycles. The lowest BCUT2D eigenvalue weighted by Gasteiger charge is -2.59. The zero-order valence-corrected chi connectivity index (χ0v) is 20.1. The number of primary amides is 2. The number of nitrogens with two attached hydrogens (primary N) is 2. The number of benzene rings is 1. The third-order valence-electron chi connectivity index (χ3n) is 8.53. The molecular weight excluding hydrogens is 428 g/mol. The smallest absolute Gasteiger partial charge is 0.229 e. The van der Waals surface area contributed by atoms with E-state index in [1.807, 2.05) is 51.2 Å². The maximum absolute atomic E-state index is 12.3. The maximum atomic E-state index is 12.3. The molecule has 0 spiro atoms. The summed E-state index contributed by atoms with van der Waals surface area (Å²) in [5, 5.41) is 6.99. The van der Waals surface area contributed by atoms with Crippen molar-refractivity contribution in [1.82, 2.24) is 9.97 Å². The first kappa shape index (κ1) is 22.6. The van der Waals surface area contributed by atoms with E-state index in [9.17, 15) is 9.59 Å². The predicted octanol–water partition coefficient (Wildman–Crippen LogP) is 3.38.